The molecule has 24 heavy (non-hydrogen) atoms. The number of hydrogen-bond donors (Lipinski definition) is 0. The molecule has 1 aromatic heterocycles. The normalized spacial score (nSPS) is 15.5. The standard InChI is InChI=1S/C18H20INO3S/c1-5-22-17(21)15-10(2)20-16(24-15)12-8-11-6-7-18(3,4)23-14(11)13(19)9-12/h8-9H,5-7H2,1-4H3. The van der Waals surface area contributed by atoms with Crippen molar-refractivity contribution >= 4 is 39.9 Å². The van der Waals surface area contributed by atoms with Gasteiger partial charge in [0.1, 0.15) is 21.2 Å². The second-order valence-corrected chi connectivity index (χ2v) is 8.62. The van der Waals surface area contributed by atoms with Crippen LogP contribution in [0.1, 0.15) is 48.1 Å². The Morgan fingerprint density at radius 1 is 1.46 bits per heavy atom. The van der Waals surface area contributed by atoms with E-state index in [0.29, 0.717) is 11.5 Å². The van der Waals surface area contributed by atoms with Gasteiger partial charge in [0, 0.05) is 5.56 Å². The van der Waals surface area contributed by atoms with Gasteiger partial charge in [0.2, 0.25) is 0 Å². The minimum Gasteiger partial charge on any atom is -0.486 e. The van der Waals surface area contributed by atoms with Gasteiger partial charge in [-0.1, -0.05) is 0 Å². The molecule has 1 aliphatic rings. The Balaban J connectivity index is 1.98. The van der Waals surface area contributed by atoms with Crippen molar-refractivity contribution in [3.05, 3.63) is 31.8 Å². The van der Waals surface area contributed by atoms with E-state index in [1.165, 1.54) is 16.9 Å². The highest BCUT2D eigenvalue weighted by atomic mass is 127. The number of aryl methyl sites for hydroxylation is 2. The Morgan fingerprint density at radius 3 is 2.92 bits per heavy atom. The van der Waals surface area contributed by atoms with Crippen LogP contribution in [0, 0.1) is 10.5 Å². The summed E-state index contributed by atoms with van der Waals surface area (Å²) in [6.45, 7) is 8.27. The van der Waals surface area contributed by atoms with Crippen LogP contribution in [0.3, 0.4) is 0 Å². The molecular formula is C18H20INO3S. The highest BCUT2D eigenvalue weighted by molar-refractivity contribution is 14.1. The number of rotatable bonds is 3. The van der Waals surface area contributed by atoms with Gasteiger partial charge in [-0.3, -0.25) is 0 Å². The summed E-state index contributed by atoms with van der Waals surface area (Å²) < 4.78 is 12.3. The highest BCUT2D eigenvalue weighted by Gasteiger charge is 2.29. The molecule has 4 nitrogen and oxygen atoms in total. The summed E-state index contributed by atoms with van der Waals surface area (Å²) >= 11 is 3.70. The van der Waals surface area contributed by atoms with Crippen LogP contribution >= 0.6 is 33.9 Å². The maximum absolute atomic E-state index is 12.0. The van der Waals surface area contributed by atoms with E-state index in [4.69, 9.17) is 9.47 Å². The van der Waals surface area contributed by atoms with Crippen LogP contribution in [0.2, 0.25) is 0 Å². The van der Waals surface area contributed by atoms with Gasteiger partial charge in [0.25, 0.3) is 0 Å². The average molecular weight is 457 g/mol. The predicted octanol–water partition coefficient (Wildman–Crippen LogP) is 5.00. The molecule has 2 heterocycles. The van der Waals surface area contributed by atoms with E-state index in [-0.39, 0.29) is 11.6 Å². The lowest BCUT2D eigenvalue weighted by Crippen LogP contribution is -2.33. The van der Waals surface area contributed by atoms with Crippen LogP contribution in [0.5, 0.6) is 5.75 Å². The van der Waals surface area contributed by atoms with E-state index >= 15 is 0 Å². The number of ether oxygens (including phenoxy) is 2. The zero-order valence-electron chi connectivity index (χ0n) is 14.2. The molecule has 0 atom stereocenters. The largest absolute Gasteiger partial charge is 0.486 e. The number of nitrogens with zero attached hydrogens (tertiary/aromatic N) is 1. The summed E-state index contributed by atoms with van der Waals surface area (Å²) in [5, 5.41) is 0.848. The first-order chi connectivity index (χ1) is 11.3. The van der Waals surface area contributed by atoms with Crippen molar-refractivity contribution in [1.29, 1.82) is 0 Å². The second-order valence-electron chi connectivity index (χ2n) is 6.46. The number of benzene rings is 1. The van der Waals surface area contributed by atoms with Crippen molar-refractivity contribution in [2.45, 2.75) is 46.1 Å². The van der Waals surface area contributed by atoms with Gasteiger partial charge >= 0.3 is 5.97 Å². The van der Waals surface area contributed by atoms with Crippen molar-refractivity contribution < 1.29 is 14.3 Å². The molecule has 0 radical (unpaired) electrons. The topological polar surface area (TPSA) is 48.4 Å². The molecule has 1 aromatic carbocycles. The quantitative estimate of drug-likeness (QED) is 0.481. The molecule has 0 amide bonds. The summed E-state index contributed by atoms with van der Waals surface area (Å²) in [6, 6.07) is 4.22. The third-order valence-corrected chi connectivity index (χ3v) is 5.99. The molecule has 0 saturated carbocycles. The number of thiazole rings is 1. The van der Waals surface area contributed by atoms with Gasteiger partial charge < -0.3 is 9.47 Å². The van der Waals surface area contributed by atoms with Gasteiger partial charge in [0.15, 0.2) is 0 Å². The van der Waals surface area contributed by atoms with Gasteiger partial charge in [-0.25, -0.2) is 9.78 Å². The summed E-state index contributed by atoms with van der Waals surface area (Å²) in [4.78, 5) is 17.2. The Hall–Kier alpha value is -1.15. The van der Waals surface area contributed by atoms with Crippen LogP contribution in [-0.4, -0.2) is 23.2 Å². The minimum atomic E-state index is -0.295. The Labute approximate surface area is 159 Å². The van der Waals surface area contributed by atoms with E-state index < -0.39 is 0 Å². The van der Waals surface area contributed by atoms with Crippen molar-refractivity contribution in [2.75, 3.05) is 6.61 Å². The highest BCUT2D eigenvalue weighted by Crippen LogP contribution is 2.40. The van der Waals surface area contributed by atoms with Crippen molar-refractivity contribution in [3.63, 3.8) is 0 Å². The third-order valence-electron chi connectivity index (χ3n) is 4.00. The fourth-order valence-corrected chi connectivity index (χ4v) is 4.48. The number of aromatic nitrogens is 1. The first-order valence-corrected chi connectivity index (χ1v) is 9.86. The van der Waals surface area contributed by atoms with Crippen molar-refractivity contribution in [3.8, 4) is 16.3 Å². The van der Waals surface area contributed by atoms with Gasteiger partial charge in [-0.05, 0) is 80.8 Å². The minimum absolute atomic E-state index is 0.122. The molecule has 1 aliphatic heterocycles. The predicted molar refractivity (Wildman–Crippen MR) is 104 cm³/mol. The summed E-state index contributed by atoms with van der Waals surface area (Å²) in [7, 11) is 0. The Bertz CT molecular complexity index is 798. The number of esters is 1. The maximum atomic E-state index is 12.0. The number of carbonyl (C=O) groups excluding carboxylic acids is 1. The molecule has 0 N–H and O–H groups in total. The van der Waals surface area contributed by atoms with E-state index in [0.717, 1.165) is 38.4 Å². The van der Waals surface area contributed by atoms with E-state index in [1.807, 2.05) is 13.8 Å². The van der Waals surface area contributed by atoms with Crippen LogP contribution in [0.4, 0.5) is 0 Å². The zero-order valence-corrected chi connectivity index (χ0v) is 17.2. The number of halogens is 1. The molecule has 0 saturated heterocycles. The Morgan fingerprint density at radius 2 is 2.21 bits per heavy atom. The number of fused-ring (bicyclic) bond motifs is 1. The number of hydrogen-bond acceptors (Lipinski definition) is 5. The van der Waals surface area contributed by atoms with Crippen LogP contribution < -0.4 is 4.74 Å². The monoisotopic (exact) mass is 457 g/mol. The van der Waals surface area contributed by atoms with E-state index in [1.54, 1.807) is 0 Å². The molecule has 128 valence electrons. The molecule has 0 spiro atoms. The number of carbonyl (C=O) groups is 1. The van der Waals surface area contributed by atoms with Crippen molar-refractivity contribution in [1.82, 2.24) is 4.98 Å². The van der Waals surface area contributed by atoms with Gasteiger partial charge in [-0.15, -0.1) is 11.3 Å². The molecule has 0 unspecified atom stereocenters. The molecule has 0 fully saturated rings. The van der Waals surface area contributed by atoms with Gasteiger partial charge in [-0.2, -0.15) is 0 Å². The lowest BCUT2D eigenvalue weighted by Gasteiger charge is -2.33. The maximum Gasteiger partial charge on any atom is 0.350 e. The van der Waals surface area contributed by atoms with Gasteiger partial charge in [0.05, 0.1) is 15.9 Å². The first kappa shape index (κ1) is 17.7. The Kier molecular flexibility index (Phi) is 4.88. The lowest BCUT2D eigenvalue weighted by atomic mass is 9.93. The molecule has 3 rings (SSSR count). The fourth-order valence-electron chi connectivity index (χ4n) is 2.74. The van der Waals surface area contributed by atoms with Crippen LogP contribution in [-0.2, 0) is 11.2 Å². The van der Waals surface area contributed by atoms with E-state index in [9.17, 15) is 4.79 Å². The van der Waals surface area contributed by atoms with Crippen LogP contribution in [0.15, 0.2) is 12.1 Å². The lowest BCUT2D eigenvalue weighted by molar-refractivity contribution is 0.0531. The molecule has 0 bridgehead atoms. The summed E-state index contributed by atoms with van der Waals surface area (Å²) in [5.41, 5.74) is 2.84. The fraction of sp³-hybridized carbons (Fsp3) is 0.444. The first-order valence-electron chi connectivity index (χ1n) is 7.97. The van der Waals surface area contributed by atoms with Crippen LogP contribution in [0.25, 0.3) is 10.6 Å². The summed E-state index contributed by atoms with van der Waals surface area (Å²) in [6.07, 6.45) is 1.98. The summed E-state index contributed by atoms with van der Waals surface area (Å²) in [5.74, 6) is 0.686. The van der Waals surface area contributed by atoms with Crippen molar-refractivity contribution in [2.24, 2.45) is 0 Å². The molecule has 2 aromatic rings. The second kappa shape index (κ2) is 6.63. The van der Waals surface area contributed by atoms with E-state index in [2.05, 4.69) is 53.6 Å². The molecule has 6 heteroatoms. The SMILES string of the molecule is CCOC(=O)c1sc(-c2cc(I)c3c(c2)CCC(C)(C)O3)nc1C. The average Bonchev–Trinajstić information content (AvgIpc) is 2.90. The molecular weight excluding hydrogens is 437 g/mol. The third kappa shape index (κ3) is 3.44. The zero-order chi connectivity index (χ0) is 17.5. The smallest absolute Gasteiger partial charge is 0.350 e. The molecule has 0 aliphatic carbocycles.